The molecule has 618 valence electrons. The average Bonchev–Trinajstić information content (AvgIpc) is 1.71. The fourth-order valence-electron chi connectivity index (χ4n) is 11.4. The van der Waals surface area contributed by atoms with Gasteiger partial charge in [-0.15, -0.1) is 0 Å². The van der Waals surface area contributed by atoms with Crippen molar-refractivity contribution in [3.05, 3.63) is 65.9 Å². The number of para-hydroxylation sites is 2. The number of unbranched alkanes of at least 4 members (excludes halogenated alkanes) is 6. The normalized spacial score (nSPS) is 21.3. The van der Waals surface area contributed by atoms with Gasteiger partial charge in [-0.05, 0) is 49.9 Å². The van der Waals surface area contributed by atoms with Gasteiger partial charge in [0.1, 0.15) is 72.6 Å². The third kappa shape index (κ3) is 31.3. The summed E-state index contributed by atoms with van der Waals surface area (Å²) in [6, 6.07) is -10.8. The van der Waals surface area contributed by atoms with Gasteiger partial charge >= 0.3 is 29.8 Å². The van der Waals surface area contributed by atoms with E-state index in [9.17, 15) is 121 Å². The zero-order chi connectivity index (χ0) is 84.3. The van der Waals surface area contributed by atoms with E-state index >= 15 is 0 Å². The second kappa shape index (κ2) is 46.1. The summed E-state index contributed by atoms with van der Waals surface area (Å²) in [5.41, 5.74) is 18.1. The Balaban J connectivity index is 1.85. The number of anilines is 1. The molecule has 2 aromatic carbocycles. The van der Waals surface area contributed by atoms with Crippen LogP contribution in [0.1, 0.15) is 134 Å². The lowest BCUT2D eigenvalue weighted by Crippen LogP contribution is -2.62. The molecule has 2 heterocycles. The number of aromatic nitrogens is 1. The molecule has 113 heavy (non-hydrogen) atoms. The number of H-pyrrole nitrogens is 1. The van der Waals surface area contributed by atoms with Gasteiger partial charge in [0.2, 0.25) is 82.7 Å². The number of esters is 1. The SMILES string of the molecule is CCCCCCCCCC(=O)N[C@@H](Cc1c[nH]c2ccccc12)C(=O)N[C@@H](CC(N)=O)C(=O)N[C@@H](CC(=O)O)C(=O)N[C@@H]1C(=O)NCC(=O)N[C@@H](CN)C(=O)N[C@@H](CC(=O)O)C(=O)N[C@H](C)C(=O)N[C@@H](CC(=O)O)C(=O)NCC(=O)N[C@H](CO)C(=O)N[C@@H]([C@@H](C)CC(=O)O)C(=O)N[C@@H](CC(=O)c2ccccc2N)C(=O)O[C@@H]1C. The second-order valence-electron chi connectivity index (χ2n) is 26.6. The van der Waals surface area contributed by atoms with Gasteiger partial charge in [0.25, 0.3) is 0 Å². The lowest BCUT2D eigenvalue weighted by Gasteiger charge is -2.30. The summed E-state index contributed by atoms with van der Waals surface area (Å²) in [6.45, 7) is 0.358. The Morgan fingerprint density at radius 2 is 1.08 bits per heavy atom. The first kappa shape index (κ1) is 92.7. The van der Waals surface area contributed by atoms with Crippen LogP contribution in [0.4, 0.5) is 5.69 Å². The molecule has 1 aromatic heterocycles. The number of ketones is 1. The van der Waals surface area contributed by atoms with E-state index in [0.29, 0.717) is 29.3 Å². The highest BCUT2D eigenvalue weighted by atomic mass is 16.5. The molecule has 0 radical (unpaired) electrons. The minimum Gasteiger partial charge on any atom is -0.481 e. The van der Waals surface area contributed by atoms with Crippen molar-refractivity contribution in [2.24, 2.45) is 17.4 Å². The Kier molecular flexibility index (Phi) is 37.8. The fourth-order valence-corrected chi connectivity index (χ4v) is 11.4. The molecule has 43 nitrogen and oxygen atoms in total. The van der Waals surface area contributed by atoms with E-state index in [4.69, 9.17) is 21.9 Å². The van der Waals surface area contributed by atoms with Gasteiger partial charge in [0, 0.05) is 54.2 Å². The first-order valence-corrected chi connectivity index (χ1v) is 35.8. The molecule has 3 aromatic rings. The molecule has 1 aliphatic rings. The number of ether oxygens (including phenoxy) is 1. The van der Waals surface area contributed by atoms with Crippen LogP contribution in [-0.4, -0.2) is 248 Å². The maximum absolute atomic E-state index is 14.8. The van der Waals surface area contributed by atoms with Crippen LogP contribution in [0.2, 0.25) is 0 Å². The van der Waals surface area contributed by atoms with Crippen LogP contribution in [0.3, 0.4) is 0 Å². The van der Waals surface area contributed by atoms with E-state index in [2.05, 4.69) is 59.8 Å². The molecule has 0 bridgehead atoms. The Hall–Kier alpha value is -12.7. The molecule has 13 atom stereocenters. The maximum Gasteiger partial charge on any atom is 0.329 e. The molecule has 25 N–H and O–H groups in total. The van der Waals surface area contributed by atoms with Gasteiger partial charge in [-0.25, -0.2) is 4.79 Å². The molecule has 1 aliphatic heterocycles. The van der Waals surface area contributed by atoms with Crippen LogP contribution < -0.4 is 86.3 Å². The van der Waals surface area contributed by atoms with Gasteiger partial charge in [-0.1, -0.05) is 82.7 Å². The van der Waals surface area contributed by atoms with Gasteiger partial charge in [-0.2, -0.15) is 0 Å². The summed E-state index contributed by atoms with van der Waals surface area (Å²) in [4.78, 5) is 275. The van der Waals surface area contributed by atoms with Gasteiger partial charge in [0.15, 0.2) is 5.78 Å². The van der Waals surface area contributed by atoms with Crippen LogP contribution in [0.15, 0.2) is 54.7 Å². The minimum atomic E-state index is -2.46. The standard InChI is InChI=1S/C70H97N17O26/c1-5-6-7-8-9-10-11-20-51(91)78-41(22-36-29-74-40-19-15-13-16-37(36)40)63(105)82-42(24-50(73)90)64(106)83-45(27-57(100)101)65(107)87-59-35(4)113-70(112)46(23-49(89)38-17-12-14-18-39(38)72)85-69(111)58(33(2)21-54(94)95)86-67(109)48(32-88)80-53(93)30-75-61(103)43(25-55(96)97)81-60(102)34(3)77-62(104)44(26-56(98)99)84-66(108)47(28-71)79-52(92)31-76-68(59)110/h12-19,29,33-35,41-48,58-59,74,88H,5-11,20-28,30-32,71-72H2,1-4H3,(H2,73,90)(H,75,103)(H,76,110)(H,77,104)(H,78,91)(H,79,92)(H,80,93)(H,81,102)(H,82,105)(H,83,106)(H,84,108)(H,85,111)(H,86,109)(H,87,107)(H,94,95)(H,96,97)(H,98,99)(H,100,101)/t33-,34+,35+,41-,42-,43-,44-,45-,46-,47-,48+,58-,59-/m0/s1. The Labute approximate surface area is 644 Å². The third-order valence-corrected chi connectivity index (χ3v) is 17.4. The van der Waals surface area contributed by atoms with Crippen LogP contribution in [0, 0.1) is 5.92 Å². The van der Waals surface area contributed by atoms with Crippen molar-refractivity contribution in [1.82, 2.24) is 74.1 Å². The second-order valence-corrected chi connectivity index (χ2v) is 26.6. The number of carbonyl (C=O) groups excluding carboxylic acids is 16. The number of aliphatic hydroxyl groups excluding tert-OH is 1. The highest BCUT2D eigenvalue weighted by molar-refractivity contribution is 6.05. The highest BCUT2D eigenvalue weighted by Crippen LogP contribution is 2.21. The third-order valence-electron chi connectivity index (χ3n) is 17.4. The molecule has 4 rings (SSSR count). The number of cyclic esters (lactones) is 1. The molecule has 1 fully saturated rings. The zero-order valence-corrected chi connectivity index (χ0v) is 62.2. The van der Waals surface area contributed by atoms with Gasteiger partial charge < -0.3 is 122 Å². The van der Waals surface area contributed by atoms with E-state index in [1.54, 1.807) is 30.5 Å². The Morgan fingerprint density at radius 3 is 1.67 bits per heavy atom. The molecule has 1 saturated heterocycles. The number of carboxylic acids is 4. The Bertz CT molecular complexity index is 4000. The van der Waals surface area contributed by atoms with Crippen molar-refractivity contribution in [1.29, 1.82) is 0 Å². The molecule has 0 spiro atoms. The number of primary amides is 1. The summed E-state index contributed by atoms with van der Waals surface area (Å²) in [6.07, 6.45) is -1.89. The van der Waals surface area contributed by atoms with Crippen LogP contribution in [-0.2, 0) is 102 Å². The molecular weight excluding hydrogens is 1490 g/mol. The van der Waals surface area contributed by atoms with E-state index in [0.717, 1.165) is 52.9 Å². The molecule has 0 unspecified atom stereocenters. The number of hydrogen-bond acceptors (Lipinski definition) is 24. The quantitative estimate of drug-likeness (QED) is 0.0117. The first-order chi connectivity index (χ1) is 53.4. The van der Waals surface area contributed by atoms with Crippen LogP contribution >= 0.6 is 0 Å². The summed E-state index contributed by atoms with van der Waals surface area (Å²) < 4.78 is 5.65. The predicted octanol–water partition coefficient (Wildman–Crippen LogP) is -6.40. The van der Waals surface area contributed by atoms with Crippen LogP contribution in [0.5, 0.6) is 0 Å². The summed E-state index contributed by atoms with van der Waals surface area (Å²) in [5, 5.41) is 78.0. The fraction of sp³-hybridized carbons (Fsp3) is 0.514. The summed E-state index contributed by atoms with van der Waals surface area (Å²) in [7, 11) is 0. The van der Waals surface area contributed by atoms with Crippen molar-refractivity contribution in [3.63, 3.8) is 0 Å². The number of aliphatic hydroxyl groups is 1. The first-order valence-electron chi connectivity index (χ1n) is 35.8. The number of fused-ring (bicyclic) bond motifs is 1. The number of carboxylic acid groups (broad SMARTS) is 4. The number of carbonyl (C=O) groups is 20. The van der Waals surface area contributed by atoms with E-state index < -0.39 is 262 Å². The lowest BCUT2D eigenvalue weighted by molar-refractivity contribution is -0.156. The number of benzene rings is 2. The number of amides is 14. The summed E-state index contributed by atoms with van der Waals surface area (Å²) in [5.74, 6) is -30.0. The topological polar surface area (TPSA) is 702 Å². The van der Waals surface area contributed by atoms with Crippen molar-refractivity contribution < 1.29 is 126 Å². The number of aliphatic carboxylic acids is 4. The van der Waals surface area contributed by atoms with Crippen molar-refractivity contribution in [3.8, 4) is 0 Å². The van der Waals surface area contributed by atoms with E-state index in [1.807, 2.05) is 21.3 Å². The largest absolute Gasteiger partial charge is 0.481 e. The zero-order valence-electron chi connectivity index (χ0n) is 62.2. The van der Waals surface area contributed by atoms with Crippen molar-refractivity contribution in [2.75, 3.05) is 32.0 Å². The predicted molar refractivity (Wildman–Crippen MR) is 391 cm³/mol. The number of nitrogen functional groups attached to an aromatic ring is 1. The molecular formula is C70H97N17O26. The number of nitrogens with one attached hydrogen (secondary N) is 14. The van der Waals surface area contributed by atoms with Crippen molar-refractivity contribution in [2.45, 2.75) is 197 Å². The highest BCUT2D eigenvalue weighted by Gasteiger charge is 2.41. The average molecular weight is 1590 g/mol. The minimum absolute atomic E-state index is 0.0195. The van der Waals surface area contributed by atoms with Gasteiger partial charge in [-0.3, -0.25) is 91.1 Å². The Morgan fingerprint density at radius 1 is 0.549 bits per heavy atom. The van der Waals surface area contributed by atoms with Crippen LogP contribution in [0.25, 0.3) is 10.9 Å². The summed E-state index contributed by atoms with van der Waals surface area (Å²) >= 11 is 0. The number of nitrogens with two attached hydrogens (primary N) is 3. The van der Waals surface area contributed by atoms with E-state index in [1.165, 1.54) is 24.3 Å². The number of hydrogen-bond donors (Lipinski definition) is 22. The number of rotatable bonds is 33. The smallest absolute Gasteiger partial charge is 0.329 e. The molecule has 0 saturated carbocycles. The molecule has 14 amide bonds. The molecule has 43 heteroatoms. The van der Waals surface area contributed by atoms with E-state index in [-0.39, 0.29) is 24.1 Å². The number of Topliss-reactive ketones (excluding diaryl/α,β-unsaturated/α-hetero) is 1. The van der Waals surface area contributed by atoms with Crippen molar-refractivity contribution >= 4 is 135 Å². The lowest BCUT2D eigenvalue weighted by atomic mass is 9.96. The monoisotopic (exact) mass is 1590 g/mol. The maximum atomic E-state index is 14.8. The number of aromatic amines is 1. The van der Waals surface area contributed by atoms with Gasteiger partial charge in [0.05, 0.1) is 51.8 Å². The molecule has 0 aliphatic carbocycles.